The summed E-state index contributed by atoms with van der Waals surface area (Å²) in [5, 5.41) is 5.52. The van der Waals surface area contributed by atoms with Crippen LogP contribution in [0.25, 0.3) is 0 Å². The second-order valence-electron chi connectivity index (χ2n) is 8.35. The quantitative estimate of drug-likeness (QED) is 0.662. The Kier molecular flexibility index (Phi) is 8.25. The van der Waals surface area contributed by atoms with E-state index >= 15 is 0 Å². The summed E-state index contributed by atoms with van der Waals surface area (Å²) in [6.45, 7) is 5.71. The molecular formula is C25H31N3O4. The van der Waals surface area contributed by atoms with Gasteiger partial charge in [-0.25, -0.2) is 4.79 Å². The molecule has 0 saturated carbocycles. The average molecular weight is 438 g/mol. The minimum absolute atomic E-state index is 0.0264. The number of likely N-dealkylation sites (tertiary alicyclic amines) is 1. The Hall–Kier alpha value is -3.35. The molecule has 1 heterocycles. The van der Waals surface area contributed by atoms with Gasteiger partial charge in [-0.05, 0) is 42.0 Å². The van der Waals surface area contributed by atoms with Crippen LogP contribution >= 0.6 is 0 Å². The number of benzene rings is 2. The van der Waals surface area contributed by atoms with E-state index in [4.69, 9.17) is 4.74 Å². The van der Waals surface area contributed by atoms with Gasteiger partial charge in [-0.3, -0.25) is 9.59 Å². The Morgan fingerprint density at radius 3 is 2.34 bits per heavy atom. The zero-order valence-electron chi connectivity index (χ0n) is 18.7. The van der Waals surface area contributed by atoms with Crippen molar-refractivity contribution in [2.75, 3.05) is 13.1 Å². The van der Waals surface area contributed by atoms with Crippen LogP contribution in [0.15, 0.2) is 54.6 Å². The van der Waals surface area contributed by atoms with Crippen molar-refractivity contribution in [3.05, 3.63) is 71.3 Å². The highest BCUT2D eigenvalue weighted by Crippen LogP contribution is 2.14. The van der Waals surface area contributed by atoms with Crippen molar-refractivity contribution in [3.8, 4) is 0 Å². The molecule has 1 aliphatic heterocycles. The van der Waals surface area contributed by atoms with Crippen molar-refractivity contribution in [1.29, 1.82) is 0 Å². The maximum absolute atomic E-state index is 12.7. The van der Waals surface area contributed by atoms with Crippen molar-refractivity contribution < 1.29 is 19.1 Å². The number of rotatable bonds is 8. The normalized spacial score (nSPS) is 14.2. The predicted molar refractivity (Wildman–Crippen MR) is 122 cm³/mol. The fourth-order valence-corrected chi connectivity index (χ4v) is 3.64. The molecule has 170 valence electrons. The topological polar surface area (TPSA) is 87.7 Å². The standard InChI is InChI=1S/C25H31N3O4/c1-18(2)22(27-25(31)32-17-19-9-4-3-5-10-19)23(29)26-16-20-11-8-12-21(15-20)24(30)28-13-6-7-14-28/h3-5,8-12,15,18,22H,6-7,13-14,16-17H2,1-2H3,(H,26,29)(H,27,31)/t22-/m0/s1. The van der Waals surface area contributed by atoms with Crippen molar-refractivity contribution in [3.63, 3.8) is 0 Å². The average Bonchev–Trinajstić information content (AvgIpc) is 3.35. The van der Waals surface area contributed by atoms with E-state index < -0.39 is 12.1 Å². The van der Waals surface area contributed by atoms with Gasteiger partial charge in [-0.15, -0.1) is 0 Å². The summed E-state index contributed by atoms with van der Waals surface area (Å²) in [4.78, 5) is 39.4. The third kappa shape index (κ3) is 6.57. The number of nitrogens with zero attached hydrogens (tertiary/aromatic N) is 1. The number of ether oxygens (including phenoxy) is 1. The van der Waals surface area contributed by atoms with E-state index in [1.54, 1.807) is 6.07 Å². The molecule has 0 aliphatic carbocycles. The monoisotopic (exact) mass is 437 g/mol. The van der Waals surface area contributed by atoms with Gasteiger partial charge < -0.3 is 20.3 Å². The van der Waals surface area contributed by atoms with Crippen molar-refractivity contribution >= 4 is 17.9 Å². The molecule has 1 atom stereocenters. The molecule has 0 radical (unpaired) electrons. The summed E-state index contributed by atoms with van der Waals surface area (Å²) < 4.78 is 5.24. The van der Waals surface area contributed by atoms with E-state index in [9.17, 15) is 14.4 Å². The van der Waals surface area contributed by atoms with E-state index in [2.05, 4.69) is 10.6 Å². The highest BCUT2D eigenvalue weighted by atomic mass is 16.5. The Balaban J connectivity index is 1.52. The third-order valence-corrected chi connectivity index (χ3v) is 5.47. The number of carbonyl (C=O) groups excluding carboxylic acids is 3. The first-order chi connectivity index (χ1) is 15.4. The largest absolute Gasteiger partial charge is 0.445 e. The molecule has 2 N–H and O–H groups in total. The lowest BCUT2D eigenvalue weighted by atomic mass is 10.0. The van der Waals surface area contributed by atoms with E-state index in [-0.39, 0.29) is 30.9 Å². The number of alkyl carbamates (subject to hydrolysis) is 1. The lowest BCUT2D eigenvalue weighted by Gasteiger charge is -2.21. The highest BCUT2D eigenvalue weighted by Gasteiger charge is 2.25. The maximum Gasteiger partial charge on any atom is 0.408 e. The van der Waals surface area contributed by atoms with Gasteiger partial charge in [0.05, 0.1) is 0 Å². The Morgan fingerprint density at radius 1 is 0.969 bits per heavy atom. The SMILES string of the molecule is CC(C)[C@H](NC(=O)OCc1ccccc1)C(=O)NCc1cccc(C(=O)N2CCCC2)c1. The smallest absolute Gasteiger partial charge is 0.408 e. The van der Waals surface area contributed by atoms with Gasteiger partial charge in [0.1, 0.15) is 12.6 Å². The van der Waals surface area contributed by atoms with Crippen LogP contribution in [-0.4, -0.2) is 41.9 Å². The van der Waals surface area contributed by atoms with Crippen LogP contribution < -0.4 is 10.6 Å². The van der Waals surface area contributed by atoms with Gasteiger partial charge in [-0.1, -0.05) is 56.3 Å². The minimum Gasteiger partial charge on any atom is -0.445 e. The number of hydrogen-bond acceptors (Lipinski definition) is 4. The Bertz CT molecular complexity index is 924. The van der Waals surface area contributed by atoms with Crippen LogP contribution in [0.5, 0.6) is 0 Å². The van der Waals surface area contributed by atoms with Gasteiger partial charge in [0.2, 0.25) is 5.91 Å². The molecular weight excluding hydrogens is 406 g/mol. The van der Waals surface area contributed by atoms with Crippen LogP contribution in [0.4, 0.5) is 4.79 Å². The molecule has 0 aromatic heterocycles. The fourth-order valence-electron chi connectivity index (χ4n) is 3.64. The maximum atomic E-state index is 12.7. The van der Waals surface area contributed by atoms with Crippen LogP contribution in [0.2, 0.25) is 0 Å². The lowest BCUT2D eigenvalue weighted by Crippen LogP contribution is -2.49. The van der Waals surface area contributed by atoms with E-state index in [0.29, 0.717) is 5.56 Å². The molecule has 0 bridgehead atoms. The Labute approximate surface area is 189 Å². The summed E-state index contributed by atoms with van der Waals surface area (Å²) in [5.41, 5.74) is 2.33. The molecule has 7 heteroatoms. The van der Waals surface area contributed by atoms with Gasteiger partial charge in [0.15, 0.2) is 0 Å². The van der Waals surface area contributed by atoms with E-state index in [0.717, 1.165) is 37.1 Å². The molecule has 3 rings (SSSR count). The molecule has 3 amide bonds. The van der Waals surface area contributed by atoms with Gasteiger partial charge in [-0.2, -0.15) is 0 Å². The first-order valence-electron chi connectivity index (χ1n) is 11.1. The molecule has 2 aromatic rings. The lowest BCUT2D eigenvalue weighted by molar-refractivity contribution is -0.124. The second-order valence-corrected chi connectivity index (χ2v) is 8.35. The molecule has 7 nitrogen and oxygen atoms in total. The first-order valence-corrected chi connectivity index (χ1v) is 11.1. The number of nitrogens with one attached hydrogen (secondary N) is 2. The zero-order chi connectivity index (χ0) is 22.9. The van der Waals surface area contributed by atoms with Crippen molar-refractivity contribution in [2.24, 2.45) is 5.92 Å². The summed E-state index contributed by atoms with van der Waals surface area (Å²) in [6, 6.07) is 15.9. The Morgan fingerprint density at radius 2 is 1.66 bits per heavy atom. The summed E-state index contributed by atoms with van der Waals surface area (Å²) in [7, 11) is 0. The summed E-state index contributed by atoms with van der Waals surface area (Å²) in [6.07, 6.45) is 1.44. The zero-order valence-corrected chi connectivity index (χ0v) is 18.7. The molecule has 2 aromatic carbocycles. The first kappa shape index (κ1) is 23.3. The minimum atomic E-state index is -0.729. The van der Waals surface area contributed by atoms with Crippen molar-refractivity contribution in [2.45, 2.75) is 45.9 Å². The molecule has 0 spiro atoms. The van der Waals surface area contributed by atoms with Gasteiger partial charge in [0.25, 0.3) is 5.91 Å². The summed E-state index contributed by atoms with van der Waals surface area (Å²) in [5.74, 6) is -0.395. The number of hydrogen-bond donors (Lipinski definition) is 2. The van der Waals surface area contributed by atoms with Crippen LogP contribution in [0.3, 0.4) is 0 Å². The highest BCUT2D eigenvalue weighted by molar-refractivity contribution is 5.94. The van der Waals surface area contributed by atoms with Crippen LogP contribution in [0.1, 0.15) is 48.2 Å². The van der Waals surface area contributed by atoms with E-state index in [1.165, 1.54) is 0 Å². The third-order valence-electron chi connectivity index (χ3n) is 5.47. The number of carbonyl (C=O) groups is 3. The second kappa shape index (κ2) is 11.3. The van der Waals surface area contributed by atoms with Gasteiger partial charge >= 0.3 is 6.09 Å². The van der Waals surface area contributed by atoms with Crippen LogP contribution in [0, 0.1) is 5.92 Å². The van der Waals surface area contributed by atoms with Crippen LogP contribution in [-0.2, 0) is 22.7 Å². The molecule has 1 saturated heterocycles. The van der Waals surface area contributed by atoms with Crippen molar-refractivity contribution in [1.82, 2.24) is 15.5 Å². The predicted octanol–water partition coefficient (Wildman–Crippen LogP) is 3.49. The molecule has 32 heavy (non-hydrogen) atoms. The van der Waals surface area contributed by atoms with Gasteiger partial charge in [0, 0.05) is 25.2 Å². The van der Waals surface area contributed by atoms with E-state index in [1.807, 2.05) is 67.3 Å². The molecule has 0 unspecified atom stereocenters. The molecule has 1 fully saturated rings. The molecule has 1 aliphatic rings. The number of amides is 3. The summed E-state index contributed by atoms with van der Waals surface area (Å²) >= 11 is 0. The fraction of sp³-hybridized carbons (Fsp3) is 0.400.